The Balaban J connectivity index is 2.03. The molecule has 0 saturated carbocycles. The molecule has 3 aromatic heterocycles. The summed E-state index contributed by atoms with van der Waals surface area (Å²) in [7, 11) is 3.10. The Morgan fingerprint density at radius 2 is 1.96 bits per heavy atom. The second-order valence-electron chi connectivity index (χ2n) is 4.93. The first-order valence-electron chi connectivity index (χ1n) is 7.03. The van der Waals surface area contributed by atoms with Gasteiger partial charge < -0.3 is 9.47 Å². The number of rotatable bonds is 3. The van der Waals surface area contributed by atoms with Crippen molar-refractivity contribution in [1.29, 1.82) is 0 Å². The quantitative estimate of drug-likeness (QED) is 0.551. The van der Waals surface area contributed by atoms with Crippen LogP contribution in [0.4, 0.5) is 0 Å². The zero-order valence-electron chi connectivity index (χ0n) is 12.9. The monoisotopic (exact) mass is 324 g/mol. The third-order valence-electron chi connectivity index (χ3n) is 3.69. The molecule has 0 aliphatic carbocycles. The van der Waals surface area contributed by atoms with Crippen molar-refractivity contribution >= 4 is 16.8 Å². The molecule has 0 spiro atoms. The van der Waals surface area contributed by atoms with Crippen molar-refractivity contribution in [1.82, 2.24) is 29.4 Å². The van der Waals surface area contributed by atoms with Gasteiger partial charge in [-0.2, -0.15) is 14.6 Å². The molecule has 1 aromatic carbocycles. The lowest BCUT2D eigenvalue weighted by atomic mass is 10.2. The van der Waals surface area contributed by atoms with Gasteiger partial charge in [0.15, 0.2) is 5.52 Å². The van der Waals surface area contributed by atoms with Crippen LogP contribution in [0.3, 0.4) is 0 Å². The van der Waals surface area contributed by atoms with Crippen LogP contribution in [0.5, 0.6) is 11.5 Å². The number of nitrogens with zero attached hydrogens (tertiary/aromatic N) is 6. The molecule has 0 radical (unpaired) electrons. The highest BCUT2D eigenvalue weighted by molar-refractivity contribution is 5.75. The van der Waals surface area contributed by atoms with Crippen LogP contribution in [0.1, 0.15) is 0 Å². The first-order valence-corrected chi connectivity index (χ1v) is 7.03. The van der Waals surface area contributed by atoms with E-state index in [1.165, 1.54) is 22.5 Å². The fraction of sp³-hybridized carbons (Fsp3) is 0.133. The van der Waals surface area contributed by atoms with E-state index < -0.39 is 0 Å². The van der Waals surface area contributed by atoms with Gasteiger partial charge in [0.2, 0.25) is 0 Å². The number of hydrogen-bond donors (Lipinski definition) is 0. The van der Waals surface area contributed by atoms with E-state index in [-0.39, 0.29) is 11.1 Å². The van der Waals surface area contributed by atoms with Crippen LogP contribution in [-0.4, -0.2) is 43.6 Å². The Morgan fingerprint density at radius 3 is 2.75 bits per heavy atom. The zero-order valence-corrected chi connectivity index (χ0v) is 12.9. The highest BCUT2D eigenvalue weighted by Gasteiger charge is 2.14. The van der Waals surface area contributed by atoms with Crippen molar-refractivity contribution in [3.05, 3.63) is 47.1 Å². The minimum absolute atomic E-state index is 0.181. The van der Waals surface area contributed by atoms with E-state index in [4.69, 9.17) is 9.47 Å². The van der Waals surface area contributed by atoms with E-state index in [1.54, 1.807) is 37.6 Å². The van der Waals surface area contributed by atoms with Gasteiger partial charge in [-0.15, -0.1) is 10.2 Å². The largest absolute Gasteiger partial charge is 0.497 e. The normalized spacial score (nSPS) is 11.1. The molecule has 9 heteroatoms. The van der Waals surface area contributed by atoms with Gasteiger partial charge in [0.25, 0.3) is 11.3 Å². The maximum absolute atomic E-state index is 12.9. The molecule has 3 heterocycles. The summed E-state index contributed by atoms with van der Waals surface area (Å²) in [6.07, 6.45) is 2.99. The van der Waals surface area contributed by atoms with Crippen LogP contribution in [0, 0.1) is 0 Å². The van der Waals surface area contributed by atoms with Crippen LogP contribution in [0.2, 0.25) is 0 Å². The molecule has 0 aliphatic rings. The summed E-state index contributed by atoms with van der Waals surface area (Å²) < 4.78 is 13.5. The van der Waals surface area contributed by atoms with Crippen LogP contribution in [0.25, 0.3) is 22.5 Å². The first kappa shape index (κ1) is 14.1. The minimum Gasteiger partial charge on any atom is -0.497 e. The molecule has 0 unspecified atom stereocenters. The van der Waals surface area contributed by atoms with Crippen molar-refractivity contribution < 1.29 is 9.47 Å². The van der Waals surface area contributed by atoms with Gasteiger partial charge in [0.1, 0.15) is 23.3 Å². The second-order valence-corrected chi connectivity index (χ2v) is 4.93. The number of methoxy groups -OCH3 is 2. The Hall–Kier alpha value is -3.49. The average molecular weight is 324 g/mol. The molecule has 24 heavy (non-hydrogen) atoms. The summed E-state index contributed by atoms with van der Waals surface area (Å²) in [6.45, 7) is 0. The molecule has 0 atom stereocenters. The van der Waals surface area contributed by atoms with Crippen LogP contribution in [0.15, 0.2) is 41.6 Å². The van der Waals surface area contributed by atoms with Crippen molar-refractivity contribution in [2.45, 2.75) is 0 Å². The molecule has 0 bridgehead atoms. The van der Waals surface area contributed by atoms with E-state index >= 15 is 0 Å². The van der Waals surface area contributed by atoms with Crippen molar-refractivity contribution in [3.8, 4) is 17.2 Å². The molecule has 4 rings (SSSR count). The lowest BCUT2D eigenvalue weighted by Gasteiger charge is -2.12. The van der Waals surface area contributed by atoms with Gasteiger partial charge in [-0.25, -0.2) is 0 Å². The molecular weight excluding hydrogens is 312 g/mol. The van der Waals surface area contributed by atoms with E-state index in [9.17, 15) is 4.79 Å². The predicted octanol–water partition coefficient (Wildman–Crippen LogP) is 0.841. The van der Waals surface area contributed by atoms with Gasteiger partial charge in [-0.1, -0.05) is 0 Å². The molecule has 0 saturated heterocycles. The summed E-state index contributed by atoms with van der Waals surface area (Å²) >= 11 is 0. The molecule has 4 aromatic rings. The van der Waals surface area contributed by atoms with Crippen molar-refractivity contribution in [3.63, 3.8) is 0 Å². The van der Waals surface area contributed by atoms with Gasteiger partial charge in [0.05, 0.1) is 19.9 Å². The number of hydrogen-bond acceptors (Lipinski definition) is 7. The van der Waals surface area contributed by atoms with E-state index in [0.29, 0.717) is 28.5 Å². The van der Waals surface area contributed by atoms with Gasteiger partial charge in [-0.3, -0.25) is 9.36 Å². The molecule has 9 nitrogen and oxygen atoms in total. The predicted molar refractivity (Wildman–Crippen MR) is 84.8 cm³/mol. The maximum Gasteiger partial charge on any atom is 0.285 e. The first-order chi connectivity index (χ1) is 11.7. The number of ether oxygens (including phenoxy) is 2. The Labute approximate surface area is 135 Å². The number of benzene rings is 1. The van der Waals surface area contributed by atoms with Crippen molar-refractivity contribution in [2.24, 2.45) is 0 Å². The topological polar surface area (TPSA) is 96.4 Å². The molecular formula is C15H12N6O3. The van der Waals surface area contributed by atoms with E-state index in [1.807, 2.05) is 0 Å². The fourth-order valence-electron chi connectivity index (χ4n) is 2.52. The number of fused-ring (bicyclic) bond motifs is 3. The van der Waals surface area contributed by atoms with Crippen LogP contribution in [-0.2, 0) is 0 Å². The Bertz CT molecular complexity index is 1120. The fourth-order valence-corrected chi connectivity index (χ4v) is 2.52. The lowest BCUT2D eigenvalue weighted by molar-refractivity contribution is 0.401. The van der Waals surface area contributed by atoms with Crippen LogP contribution >= 0.6 is 0 Å². The Morgan fingerprint density at radius 1 is 1.08 bits per heavy atom. The summed E-state index contributed by atoms with van der Waals surface area (Å²) in [6, 6.07) is 6.93. The molecule has 0 aliphatic heterocycles. The standard InChI is InChI=1S/C15H12N6O3/c1-23-9-3-4-12(24-2)11(7-9)20-6-5-10-13(14(20)22)18-19-15-16-8-17-21(10)15/h3-8H,1-2H3. The lowest BCUT2D eigenvalue weighted by Crippen LogP contribution is -2.20. The van der Waals surface area contributed by atoms with Gasteiger partial charge >= 0.3 is 0 Å². The van der Waals surface area contributed by atoms with Crippen molar-refractivity contribution in [2.75, 3.05) is 14.2 Å². The SMILES string of the molecule is COc1ccc(OC)c(-n2ccc3c(nnc4ncnn43)c2=O)c1. The minimum atomic E-state index is -0.344. The average Bonchev–Trinajstić information content (AvgIpc) is 3.10. The maximum atomic E-state index is 12.9. The number of aromatic nitrogens is 6. The molecule has 0 amide bonds. The zero-order chi connectivity index (χ0) is 16.7. The van der Waals surface area contributed by atoms with Gasteiger partial charge in [0, 0.05) is 12.3 Å². The summed E-state index contributed by atoms with van der Waals surface area (Å²) in [5.74, 6) is 1.47. The third kappa shape index (κ3) is 1.98. The number of pyridine rings is 1. The summed E-state index contributed by atoms with van der Waals surface area (Å²) in [5, 5.41) is 12.0. The molecule has 0 N–H and O–H groups in total. The van der Waals surface area contributed by atoms with E-state index in [2.05, 4.69) is 20.3 Å². The second kappa shape index (κ2) is 5.30. The van der Waals surface area contributed by atoms with Gasteiger partial charge in [-0.05, 0) is 18.2 Å². The summed E-state index contributed by atoms with van der Waals surface area (Å²) in [4.78, 5) is 16.8. The smallest absolute Gasteiger partial charge is 0.285 e. The van der Waals surface area contributed by atoms with Crippen LogP contribution < -0.4 is 15.0 Å². The Kier molecular flexibility index (Phi) is 3.12. The van der Waals surface area contributed by atoms with E-state index in [0.717, 1.165) is 0 Å². The third-order valence-corrected chi connectivity index (χ3v) is 3.69. The summed E-state index contributed by atoms with van der Waals surface area (Å²) in [5.41, 5.74) is 0.911. The highest BCUT2D eigenvalue weighted by atomic mass is 16.5. The molecule has 120 valence electrons. The highest BCUT2D eigenvalue weighted by Crippen LogP contribution is 2.26. The molecule has 0 fully saturated rings.